The van der Waals surface area contributed by atoms with Gasteiger partial charge in [0.25, 0.3) is 5.79 Å². The van der Waals surface area contributed by atoms with Crippen molar-refractivity contribution in [2.24, 2.45) is 0 Å². The Bertz CT molecular complexity index is 388. The number of cyclic esters (lactones) is 2. The number of nitrogens with zero attached hydrogens (tertiary/aromatic N) is 1. The van der Waals surface area contributed by atoms with Gasteiger partial charge in [-0.2, -0.15) is 0 Å². The summed E-state index contributed by atoms with van der Waals surface area (Å²) in [6, 6.07) is 0. The molecule has 1 rings (SSSR count). The van der Waals surface area contributed by atoms with Crippen LogP contribution in [0.3, 0.4) is 0 Å². The molecule has 6 heteroatoms. The van der Waals surface area contributed by atoms with E-state index in [0.717, 1.165) is 0 Å². The molecule has 0 aromatic carbocycles. The van der Waals surface area contributed by atoms with Crippen LogP contribution in [0.5, 0.6) is 0 Å². The smallest absolute Gasteiger partial charge is 0.352 e. The second kappa shape index (κ2) is 5.12. The Balaban J connectivity index is 3.12. The normalized spacial score (nSPS) is 17.7. The Labute approximate surface area is 106 Å². The van der Waals surface area contributed by atoms with E-state index in [9.17, 15) is 9.59 Å². The van der Waals surface area contributed by atoms with E-state index in [1.165, 1.54) is 13.8 Å². The number of esters is 2. The van der Waals surface area contributed by atoms with Gasteiger partial charge in [-0.1, -0.05) is 6.08 Å². The number of carbonyl (C=O) groups excluding carboxylic acids is 2. The molecule has 0 aromatic rings. The Morgan fingerprint density at radius 2 is 1.83 bits per heavy atom. The van der Waals surface area contributed by atoms with Crippen molar-refractivity contribution < 1.29 is 19.1 Å². The molecule has 1 aliphatic rings. The van der Waals surface area contributed by atoms with Crippen LogP contribution in [0.2, 0.25) is 0 Å². The number of rotatable bonds is 4. The summed E-state index contributed by atoms with van der Waals surface area (Å²) >= 11 is 0. The van der Waals surface area contributed by atoms with Gasteiger partial charge in [-0.25, -0.2) is 9.59 Å². The van der Waals surface area contributed by atoms with Gasteiger partial charge < -0.3 is 19.7 Å². The number of hydrogen-bond donors (Lipinski definition) is 1. The van der Waals surface area contributed by atoms with Crippen molar-refractivity contribution in [3.63, 3.8) is 0 Å². The number of ether oxygens (including phenoxy) is 2. The molecule has 6 nitrogen and oxygen atoms in total. The molecule has 0 spiro atoms. The standard InChI is InChI=1S/C12H18N2O4/c1-6-7-13-9(14(4)5)8-10(15)17-12(2,3)18-11(8)16/h6,13H,1,7H2,2-5H3. The van der Waals surface area contributed by atoms with Crippen LogP contribution in [0.4, 0.5) is 0 Å². The minimum Gasteiger partial charge on any atom is -0.419 e. The molecule has 0 aliphatic carbocycles. The van der Waals surface area contributed by atoms with Crippen LogP contribution in [0.1, 0.15) is 13.8 Å². The van der Waals surface area contributed by atoms with Gasteiger partial charge in [0.1, 0.15) is 5.82 Å². The van der Waals surface area contributed by atoms with Crippen LogP contribution < -0.4 is 5.32 Å². The highest BCUT2D eigenvalue weighted by molar-refractivity contribution is 6.15. The molecular weight excluding hydrogens is 236 g/mol. The topological polar surface area (TPSA) is 67.9 Å². The fourth-order valence-corrected chi connectivity index (χ4v) is 1.49. The van der Waals surface area contributed by atoms with Crippen LogP contribution in [-0.2, 0) is 19.1 Å². The summed E-state index contributed by atoms with van der Waals surface area (Å²) in [7, 11) is 3.41. The second-order valence-corrected chi connectivity index (χ2v) is 4.47. The molecule has 0 unspecified atom stereocenters. The molecule has 1 heterocycles. The van der Waals surface area contributed by atoms with Crippen molar-refractivity contribution in [3.8, 4) is 0 Å². The molecule has 0 atom stereocenters. The van der Waals surface area contributed by atoms with Crippen LogP contribution >= 0.6 is 0 Å². The molecule has 1 saturated heterocycles. The van der Waals surface area contributed by atoms with Crippen molar-refractivity contribution in [1.82, 2.24) is 10.2 Å². The quantitative estimate of drug-likeness (QED) is 0.338. The van der Waals surface area contributed by atoms with E-state index in [4.69, 9.17) is 9.47 Å². The highest BCUT2D eigenvalue weighted by Gasteiger charge is 2.41. The average Bonchev–Trinajstić information content (AvgIpc) is 2.19. The van der Waals surface area contributed by atoms with Crippen molar-refractivity contribution in [3.05, 3.63) is 24.0 Å². The third-order valence-electron chi connectivity index (χ3n) is 2.18. The van der Waals surface area contributed by atoms with Crippen molar-refractivity contribution in [2.75, 3.05) is 20.6 Å². The minimum absolute atomic E-state index is 0.138. The lowest BCUT2D eigenvalue weighted by molar-refractivity contribution is -0.222. The van der Waals surface area contributed by atoms with E-state index in [1.54, 1.807) is 25.1 Å². The fraction of sp³-hybridized carbons (Fsp3) is 0.500. The van der Waals surface area contributed by atoms with Gasteiger partial charge in [0.15, 0.2) is 5.57 Å². The van der Waals surface area contributed by atoms with Crippen LogP contribution in [0.25, 0.3) is 0 Å². The predicted octanol–water partition coefficient (Wildman–Crippen LogP) is 0.371. The van der Waals surface area contributed by atoms with Gasteiger partial charge in [0, 0.05) is 34.5 Å². The van der Waals surface area contributed by atoms with Gasteiger partial charge in [0.2, 0.25) is 0 Å². The SMILES string of the molecule is C=CCNC(=C1C(=O)OC(C)(C)OC1=O)N(C)C. The Hall–Kier alpha value is -1.98. The summed E-state index contributed by atoms with van der Waals surface area (Å²) in [5.74, 6) is -2.28. The van der Waals surface area contributed by atoms with Crippen molar-refractivity contribution in [1.29, 1.82) is 0 Å². The molecular formula is C12H18N2O4. The average molecular weight is 254 g/mol. The minimum atomic E-state index is -1.23. The zero-order valence-electron chi connectivity index (χ0n) is 11.1. The van der Waals surface area contributed by atoms with E-state index < -0.39 is 17.7 Å². The predicted molar refractivity (Wildman–Crippen MR) is 65.2 cm³/mol. The summed E-state index contributed by atoms with van der Waals surface area (Å²) in [4.78, 5) is 25.3. The first-order valence-electron chi connectivity index (χ1n) is 5.51. The summed E-state index contributed by atoms with van der Waals surface area (Å²) in [5, 5.41) is 2.91. The summed E-state index contributed by atoms with van der Waals surface area (Å²) in [6.07, 6.45) is 1.62. The van der Waals surface area contributed by atoms with Crippen LogP contribution in [0, 0.1) is 0 Å². The lowest BCUT2D eigenvalue weighted by Gasteiger charge is -2.32. The first-order valence-corrected chi connectivity index (χ1v) is 5.51. The molecule has 1 fully saturated rings. The van der Waals surface area contributed by atoms with Crippen molar-refractivity contribution >= 4 is 11.9 Å². The fourth-order valence-electron chi connectivity index (χ4n) is 1.49. The summed E-state index contributed by atoms with van der Waals surface area (Å²) in [6.45, 7) is 6.99. The Morgan fingerprint density at radius 3 is 2.22 bits per heavy atom. The van der Waals surface area contributed by atoms with Gasteiger partial charge in [-0.15, -0.1) is 6.58 Å². The van der Waals surface area contributed by atoms with E-state index in [0.29, 0.717) is 12.4 Å². The maximum absolute atomic E-state index is 11.9. The molecule has 0 amide bonds. The highest BCUT2D eigenvalue weighted by atomic mass is 16.7. The third kappa shape index (κ3) is 3.03. The first-order chi connectivity index (χ1) is 8.28. The molecule has 18 heavy (non-hydrogen) atoms. The van der Waals surface area contributed by atoms with E-state index in [-0.39, 0.29) is 5.57 Å². The lowest BCUT2D eigenvalue weighted by Crippen LogP contribution is -2.44. The Kier molecular flexibility index (Phi) is 4.00. The van der Waals surface area contributed by atoms with Gasteiger partial charge in [-0.3, -0.25) is 0 Å². The summed E-state index contributed by atoms with van der Waals surface area (Å²) < 4.78 is 10.1. The first kappa shape index (κ1) is 14.1. The maximum atomic E-state index is 11.9. The van der Waals surface area contributed by atoms with E-state index in [2.05, 4.69) is 11.9 Å². The van der Waals surface area contributed by atoms with E-state index in [1.807, 2.05) is 0 Å². The van der Waals surface area contributed by atoms with Gasteiger partial charge in [0.05, 0.1) is 0 Å². The highest BCUT2D eigenvalue weighted by Crippen LogP contribution is 2.24. The number of hydrogen-bond acceptors (Lipinski definition) is 6. The van der Waals surface area contributed by atoms with E-state index >= 15 is 0 Å². The molecule has 0 saturated carbocycles. The Morgan fingerprint density at radius 1 is 1.33 bits per heavy atom. The van der Waals surface area contributed by atoms with Crippen LogP contribution in [0.15, 0.2) is 24.0 Å². The monoisotopic (exact) mass is 254 g/mol. The number of nitrogens with one attached hydrogen (secondary N) is 1. The van der Waals surface area contributed by atoms with Gasteiger partial charge in [-0.05, 0) is 0 Å². The number of carbonyl (C=O) groups is 2. The molecule has 100 valence electrons. The summed E-state index contributed by atoms with van der Waals surface area (Å²) in [5.41, 5.74) is -0.138. The largest absolute Gasteiger partial charge is 0.419 e. The lowest BCUT2D eigenvalue weighted by atomic mass is 10.2. The maximum Gasteiger partial charge on any atom is 0.352 e. The second-order valence-electron chi connectivity index (χ2n) is 4.47. The molecule has 0 aromatic heterocycles. The zero-order chi connectivity index (χ0) is 13.9. The van der Waals surface area contributed by atoms with Gasteiger partial charge >= 0.3 is 11.9 Å². The third-order valence-corrected chi connectivity index (χ3v) is 2.18. The zero-order valence-corrected chi connectivity index (χ0v) is 11.1. The molecule has 1 aliphatic heterocycles. The molecule has 0 bridgehead atoms. The van der Waals surface area contributed by atoms with Crippen molar-refractivity contribution in [2.45, 2.75) is 19.6 Å². The molecule has 1 N–H and O–H groups in total. The molecule has 0 radical (unpaired) electrons. The van der Waals surface area contributed by atoms with Crippen LogP contribution in [-0.4, -0.2) is 43.3 Å².